The van der Waals surface area contributed by atoms with Crippen LogP contribution in [0.25, 0.3) is 0 Å². The number of rotatable bonds is 3. The van der Waals surface area contributed by atoms with E-state index in [1.807, 2.05) is 38.2 Å². The summed E-state index contributed by atoms with van der Waals surface area (Å²) in [5.74, 6) is 0.759. The van der Waals surface area contributed by atoms with E-state index in [2.05, 4.69) is 11.4 Å². The van der Waals surface area contributed by atoms with Crippen molar-refractivity contribution in [3.63, 3.8) is 0 Å². The van der Waals surface area contributed by atoms with Gasteiger partial charge in [-0.15, -0.1) is 0 Å². The Morgan fingerprint density at radius 2 is 2.05 bits per heavy atom. The number of aryl methyl sites for hydroxylation is 1. The van der Waals surface area contributed by atoms with E-state index in [4.69, 9.17) is 4.74 Å². The first-order valence-electron chi connectivity index (χ1n) is 6.87. The van der Waals surface area contributed by atoms with Crippen molar-refractivity contribution in [1.82, 2.24) is 5.32 Å². The Balaban J connectivity index is 1.89. The molecule has 0 aliphatic carbocycles. The smallest absolute Gasteiger partial charge is 0.123 e. The van der Waals surface area contributed by atoms with Gasteiger partial charge in [0.05, 0.1) is 6.04 Å². The molecule has 2 atom stereocenters. The van der Waals surface area contributed by atoms with Gasteiger partial charge in [-0.3, -0.25) is 0 Å². The fraction of sp³-hybridized carbons (Fsp3) is 0.294. The van der Waals surface area contributed by atoms with Crippen LogP contribution in [-0.4, -0.2) is 13.2 Å². The van der Waals surface area contributed by atoms with Crippen LogP contribution in [0.5, 0.6) is 5.75 Å². The molecule has 0 radical (unpaired) electrons. The fourth-order valence-corrected chi connectivity index (χ4v) is 2.92. The molecule has 104 valence electrons. The lowest BCUT2D eigenvalue weighted by Gasteiger charge is -2.24. The van der Waals surface area contributed by atoms with E-state index in [1.165, 1.54) is 11.6 Å². The Kier molecular flexibility index (Phi) is 3.45. The first-order valence-corrected chi connectivity index (χ1v) is 6.87. The molecular formula is C17H18FNO. The van der Waals surface area contributed by atoms with E-state index >= 15 is 0 Å². The Labute approximate surface area is 118 Å². The molecule has 0 saturated heterocycles. The van der Waals surface area contributed by atoms with Crippen LogP contribution in [0.15, 0.2) is 42.5 Å². The molecule has 2 nitrogen and oxygen atoms in total. The highest BCUT2D eigenvalue weighted by Gasteiger charge is 2.31. The van der Waals surface area contributed by atoms with Gasteiger partial charge in [-0.05, 0) is 48.9 Å². The van der Waals surface area contributed by atoms with E-state index < -0.39 is 0 Å². The highest BCUT2D eigenvalue weighted by atomic mass is 19.1. The van der Waals surface area contributed by atoms with Crippen molar-refractivity contribution >= 4 is 0 Å². The molecule has 20 heavy (non-hydrogen) atoms. The average molecular weight is 271 g/mol. The summed E-state index contributed by atoms with van der Waals surface area (Å²) < 4.78 is 19.3. The van der Waals surface area contributed by atoms with Gasteiger partial charge in [0.1, 0.15) is 17.7 Å². The van der Waals surface area contributed by atoms with Gasteiger partial charge in [-0.25, -0.2) is 4.39 Å². The van der Waals surface area contributed by atoms with E-state index in [0.717, 1.165) is 23.3 Å². The molecule has 0 saturated carbocycles. The summed E-state index contributed by atoms with van der Waals surface area (Å²) in [5, 5.41) is 3.31. The molecule has 2 aromatic rings. The summed E-state index contributed by atoms with van der Waals surface area (Å²) in [6, 6.07) is 13.1. The van der Waals surface area contributed by atoms with Crippen LogP contribution in [0.4, 0.5) is 4.39 Å². The number of hydrogen-bond acceptors (Lipinski definition) is 2. The number of hydrogen-bond donors (Lipinski definition) is 1. The minimum Gasteiger partial charge on any atom is -0.488 e. The summed E-state index contributed by atoms with van der Waals surface area (Å²) in [6.07, 6.45) is 0.917. The molecule has 0 amide bonds. The second-order valence-electron chi connectivity index (χ2n) is 5.24. The van der Waals surface area contributed by atoms with Gasteiger partial charge in [-0.2, -0.15) is 0 Å². The highest BCUT2D eigenvalue weighted by Crippen LogP contribution is 2.34. The maximum Gasteiger partial charge on any atom is 0.123 e. The maximum absolute atomic E-state index is 13.3. The second kappa shape index (κ2) is 5.25. The third-order valence-corrected chi connectivity index (χ3v) is 3.92. The summed E-state index contributed by atoms with van der Waals surface area (Å²) in [5.41, 5.74) is 3.27. The van der Waals surface area contributed by atoms with Crippen LogP contribution in [0.1, 0.15) is 22.7 Å². The van der Waals surface area contributed by atoms with Crippen LogP contribution < -0.4 is 10.1 Å². The minimum atomic E-state index is -0.197. The van der Waals surface area contributed by atoms with Gasteiger partial charge in [-0.1, -0.05) is 24.3 Å². The normalized spacial score (nSPS) is 18.4. The highest BCUT2D eigenvalue weighted by molar-refractivity contribution is 5.39. The molecule has 0 aromatic heterocycles. The molecule has 3 heteroatoms. The van der Waals surface area contributed by atoms with E-state index in [1.54, 1.807) is 6.07 Å². The van der Waals surface area contributed by atoms with Gasteiger partial charge in [0, 0.05) is 6.42 Å². The lowest BCUT2D eigenvalue weighted by atomic mass is 9.94. The molecule has 3 rings (SSSR count). The van der Waals surface area contributed by atoms with Crippen molar-refractivity contribution in [3.05, 3.63) is 65.0 Å². The van der Waals surface area contributed by atoms with E-state index in [9.17, 15) is 4.39 Å². The van der Waals surface area contributed by atoms with Gasteiger partial charge in [0.15, 0.2) is 0 Å². The van der Waals surface area contributed by atoms with E-state index in [0.29, 0.717) is 0 Å². The van der Waals surface area contributed by atoms with Crippen LogP contribution >= 0.6 is 0 Å². The lowest BCUT2D eigenvalue weighted by molar-refractivity contribution is 0.183. The SMILES string of the molecule is CNC(c1ccc(F)cc1C)C1Cc2ccccc2O1. The van der Waals surface area contributed by atoms with Crippen molar-refractivity contribution in [3.8, 4) is 5.75 Å². The predicted octanol–water partition coefficient (Wildman–Crippen LogP) is 3.40. The molecule has 2 aromatic carbocycles. The lowest BCUT2D eigenvalue weighted by Crippen LogP contribution is -2.33. The van der Waals surface area contributed by atoms with Crippen molar-refractivity contribution in [2.45, 2.75) is 25.5 Å². The van der Waals surface area contributed by atoms with Gasteiger partial charge < -0.3 is 10.1 Å². The Bertz CT molecular complexity index is 601. The quantitative estimate of drug-likeness (QED) is 0.924. The van der Waals surface area contributed by atoms with Crippen molar-refractivity contribution in [2.24, 2.45) is 0 Å². The molecular weight excluding hydrogens is 253 g/mol. The zero-order valence-electron chi connectivity index (χ0n) is 11.7. The number of fused-ring (bicyclic) bond motifs is 1. The number of halogens is 1. The summed E-state index contributed by atoms with van der Waals surface area (Å²) in [6.45, 7) is 1.94. The van der Waals surface area contributed by atoms with Crippen LogP contribution in [0.3, 0.4) is 0 Å². The van der Waals surface area contributed by atoms with Crippen LogP contribution in [-0.2, 0) is 6.42 Å². The Morgan fingerprint density at radius 3 is 2.75 bits per heavy atom. The molecule has 0 bridgehead atoms. The zero-order chi connectivity index (χ0) is 14.1. The largest absolute Gasteiger partial charge is 0.488 e. The monoisotopic (exact) mass is 271 g/mol. The fourth-order valence-electron chi connectivity index (χ4n) is 2.92. The number of para-hydroxylation sites is 1. The zero-order valence-corrected chi connectivity index (χ0v) is 11.7. The predicted molar refractivity (Wildman–Crippen MR) is 77.5 cm³/mol. The first kappa shape index (κ1) is 13.1. The second-order valence-corrected chi connectivity index (χ2v) is 5.24. The van der Waals surface area contributed by atoms with Crippen LogP contribution in [0.2, 0.25) is 0 Å². The minimum absolute atomic E-state index is 0.0431. The van der Waals surface area contributed by atoms with E-state index in [-0.39, 0.29) is 18.0 Å². The molecule has 0 fully saturated rings. The third kappa shape index (κ3) is 2.29. The maximum atomic E-state index is 13.3. The van der Waals surface area contributed by atoms with Gasteiger partial charge in [0.2, 0.25) is 0 Å². The Morgan fingerprint density at radius 1 is 1.25 bits per heavy atom. The Hall–Kier alpha value is -1.87. The number of benzene rings is 2. The summed E-state index contributed by atoms with van der Waals surface area (Å²) in [4.78, 5) is 0. The van der Waals surface area contributed by atoms with Crippen molar-refractivity contribution in [1.29, 1.82) is 0 Å². The molecule has 1 aliphatic rings. The molecule has 1 aliphatic heterocycles. The van der Waals surface area contributed by atoms with Crippen molar-refractivity contribution in [2.75, 3.05) is 7.05 Å². The summed E-state index contributed by atoms with van der Waals surface area (Å²) >= 11 is 0. The first-order chi connectivity index (χ1) is 9.69. The molecule has 1 heterocycles. The standard InChI is InChI=1S/C17H18FNO/c1-11-9-13(18)7-8-14(11)17(19-2)16-10-12-5-3-4-6-15(12)20-16/h3-9,16-17,19H,10H2,1-2H3. The van der Waals surface area contributed by atoms with Gasteiger partial charge in [0.25, 0.3) is 0 Å². The number of likely N-dealkylation sites (N-methyl/N-ethyl adjacent to an activating group) is 1. The number of ether oxygens (including phenoxy) is 1. The number of nitrogens with one attached hydrogen (secondary N) is 1. The summed E-state index contributed by atoms with van der Waals surface area (Å²) in [7, 11) is 1.92. The average Bonchev–Trinajstić information content (AvgIpc) is 2.85. The molecule has 2 unspecified atom stereocenters. The third-order valence-electron chi connectivity index (χ3n) is 3.92. The van der Waals surface area contributed by atoms with Crippen molar-refractivity contribution < 1.29 is 9.13 Å². The van der Waals surface area contributed by atoms with Crippen LogP contribution in [0, 0.1) is 12.7 Å². The topological polar surface area (TPSA) is 21.3 Å². The molecule has 1 N–H and O–H groups in total. The van der Waals surface area contributed by atoms with Gasteiger partial charge >= 0.3 is 0 Å². The molecule has 0 spiro atoms.